The summed E-state index contributed by atoms with van der Waals surface area (Å²) in [5.41, 5.74) is 0.209. The minimum Gasteiger partial charge on any atom is -0.346 e. The molecule has 0 unspecified atom stereocenters. The number of hydrogen-bond donors (Lipinski definition) is 2. The molecule has 1 aliphatic heterocycles. The average Bonchev–Trinajstić information content (AvgIpc) is 2.82. The predicted octanol–water partition coefficient (Wildman–Crippen LogP) is 1.74. The molecular weight excluding hydrogens is 365 g/mol. The number of amides is 4. The summed E-state index contributed by atoms with van der Waals surface area (Å²) < 4.78 is 0. The number of anilines is 1. The summed E-state index contributed by atoms with van der Waals surface area (Å²) in [4.78, 5) is 47.2. The standard InChI is InChI=1S/C13H11Cl2N3O4S/c14-7-1-2-8(15)9(5-7)17-12(21)11(20)16-3-4-18-10(19)6-23-13(18)22/h1-2,5H,3-4,6H2,(H,16,20)(H,17,21). The van der Waals surface area contributed by atoms with Crippen molar-refractivity contribution in [3.8, 4) is 0 Å². The maximum Gasteiger partial charge on any atom is 0.313 e. The Morgan fingerprint density at radius 3 is 2.61 bits per heavy atom. The van der Waals surface area contributed by atoms with E-state index in [0.717, 1.165) is 16.7 Å². The molecule has 2 rings (SSSR count). The summed E-state index contributed by atoms with van der Waals surface area (Å²) in [6, 6.07) is 4.44. The van der Waals surface area contributed by atoms with Crippen LogP contribution in [0.3, 0.4) is 0 Å². The van der Waals surface area contributed by atoms with Crippen molar-refractivity contribution < 1.29 is 19.2 Å². The highest BCUT2D eigenvalue weighted by atomic mass is 35.5. The van der Waals surface area contributed by atoms with Crippen LogP contribution in [0.25, 0.3) is 0 Å². The van der Waals surface area contributed by atoms with Crippen LogP contribution in [0, 0.1) is 0 Å². The molecule has 1 saturated heterocycles. The first-order valence-electron chi connectivity index (χ1n) is 6.40. The summed E-state index contributed by atoms with van der Waals surface area (Å²) in [5, 5.41) is 4.88. The normalized spacial score (nSPS) is 14.1. The van der Waals surface area contributed by atoms with Gasteiger partial charge in [-0.15, -0.1) is 0 Å². The summed E-state index contributed by atoms with van der Waals surface area (Å²) in [6.07, 6.45) is 0. The van der Waals surface area contributed by atoms with Gasteiger partial charge in [-0.25, -0.2) is 0 Å². The van der Waals surface area contributed by atoms with E-state index in [1.54, 1.807) is 6.07 Å². The minimum absolute atomic E-state index is 0.0155. The van der Waals surface area contributed by atoms with E-state index in [9.17, 15) is 19.2 Å². The van der Waals surface area contributed by atoms with Crippen LogP contribution >= 0.6 is 35.0 Å². The topological polar surface area (TPSA) is 95.6 Å². The molecule has 0 aromatic heterocycles. The predicted molar refractivity (Wildman–Crippen MR) is 87.7 cm³/mol. The van der Waals surface area contributed by atoms with Crippen LogP contribution in [0.5, 0.6) is 0 Å². The van der Waals surface area contributed by atoms with Crippen molar-refractivity contribution in [1.82, 2.24) is 10.2 Å². The quantitative estimate of drug-likeness (QED) is 0.781. The Bertz CT molecular complexity index is 667. The van der Waals surface area contributed by atoms with Gasteiger partial charge in [-0.1, -0.05) is 35.0 Å². The number of nitrogens with one attached hydrogen (secondary N) is 2. The summed E-state index contributed by atoms with van der Waals surface area (Å²) in [7, 11) is 0. The van der Waals surface area contributed by atoms with Crippen molar-refractivity contribution in [2.24, 2.45) is 0 Å². The molecule has 0 aliphatic carbocycles. The van der Waals surface area contributed by atoms with Crippen molar-refractivity contribution in [1.29, 1.82) is 0 Å². The van der Waals surface area contributed by atoms with Gasteiger partial charge in [0.15, 0.2) is 0 Å². The summed E-state index contributed by atoms with van der Waals surface area (Å²) in [6.45, 7) is -0.00478. The van der Waals surface area contributed by atoms with Gasteiger partial charge < -0.3 is 10.6 Å². The van der Waals surface area contributed by atoms with E-state index < -0.39 is 11.8 Å². The molecule has 1 aromatic carbocycles. The van der Waals surface area contributed by atoms with E-state index in [4.69, 9.17) is 23.2 Å². The largest absolute Gasteiger partial charge is 0.346 e. The molecule has 4 amide bonds. The molecule has 0 spiro atoms. The van der Waals surface area contributed by atoms with Crippen molar-refractivity contribution in [3.05, 3.63) is 28.2 Å². The Balaban J connectivity index is 1.83. The highest BCUT2D eigenvalue weighted by Gasteiger charge is 2.29. The van der Waals surface area contributed by atoms with Crippen molar-refractivity contribution in [2.45, 2.75) is 0 Å². The Labute approximate surface area is 145 Å². The molecule has 10 heteroatoms. The van der Waals surface area contributed by atoms with E-state index in [1.165, 1.54) is 12.1 Å². The molecule has 122 valence electrons. The molecule has 1 aromatic rings. The number of thioether (sulfide) groups is 1. The van der Waals surface area contributed by atoms with E-state index in [2.05, 4.69) is 10.6 Å². The molecule has 7 nitrogen and oxygen atoms in total. The lowest BCUT2D eigenvalue weighted by molar-refractivity contribution is -0.136. The second-order valence-corrected chi connectivity index (χ2v) is 6.20. The Morgan fingerprint density at radius 1 is 1.22 bits per heavy atom. The Morgan fingerprint density at radius 2 is 1.96 bits per heavy atom. The minimum atomic E-state index is -0.928. The molecule has 0 radical (unpaired) electrons. The van der Waals surface area contributed by atoms with Crippen LogP contribution < -0.4 is 10.6 Å². The second kappa shape index (κ2) is 7.67. The summed E-state index contributed by atoms with van der Waals surface area (Å²) >= 11 is 12.6. The molecule has 1 heterocycles. The molecule has 0 atom stereocenters. The fourth-order valence-corrected chi connectivity index (χ4v) is 2.82. The van der Waals surface area contributed by atoms with Crippen LogP contribution in [0.4, 0.5) is 10.5 Å². The Hall–Kier alpha value is -1.77. The Kier molecular flexibility index (Phi) is 5.86. The maximum absolute atomic E-state index is 11.8. The molecule has 1 fully saturated rings. The zero-order valence-corrected chi connectivity index (χ0v) is 13.9. The number of nitrogens with zero attached hydrogens (tertiary/aromatic N) is 1. The van der Waals surface area contributed by atoms with Gasteiger partial charge in [0, 0.05) is 18.1 Å². The smallest absolute Gasteiger partial charge is 0.313 e. The van der Waals surface area contributed by atoms with Gasteiger partial charge in [-0.05, 0) is 18.2 Å². The van der Waals surface area contributed by atoms with Crippen LogP contribution in [0.2, 0.25) is 10.0 Å². The van der Waals surface area contributed by atoms with Crippen LogP contribution in [0.1, 0.15) is 0 Å². The van der Waals surface area contributed by atoms with Gasteiger partial charge >= 0.3 is 11.8 Å². The third-order valence-corrected chi connectivity index (χ3v) is 4.27. The number of carbonyl (C=O) groups excluding carboxylic acids is 4. The first-order valence-corrected chi connectivity index (χ1v) is 8.14. The van der Waals surface area contributed by atoms with Gasteiger partial charge in [0.25, 0.3) is 5.24 Å². The SMILES string of the molecule is O=C(NCCN1C(=O)CSC1=O)C(=O)Nc1cc(Cl)ccc1Cl. The number of halogens is 2. The molecule has 2 N–H and O–H groups in total. The number of rotatable bonds is 4. The molecule has 0 saturated carbocycles. The maximum atomic E-state index is 11.8. The number of benzene rings is 1. The zero-order chi connectivity index (χ0) is 17.0. The van der Waals surface area contributed by atoms with E-state index in [1.807, 2.05) is 0 Å². The first-order chi connectivity index (χ1) is 10.9. The third-order valence-electron chi connectivity index (χ3n) is 2.84. The van der Waals surface area contributed by atoms with Crippen LogP contribution in [-0.4, -0.2) is 46.7 Å². The van der Waals surface area contributed by atoms with E-state index in [-0.39, 0.29) is 40.7 Å². The van der Waals surface area contributed by atoms with Crippen molar-refractivity contribution in [2.75, 3.05) is 24.2 Å². The van der Waals surface area contributed by atoms with Crippen molar-refractivity contribution in [3.63, 3.8) is 0 Å². The van der Waals surface area contributed by atoms with E-state index >= 15 is 0 Å². The summed E-state index contributed by atoms with van der Waals surface area (Å²) in [5.74, 6) is -2.06. The van der Waals surface area contributed by atoms with E-state index in [0.29, 0.717) is 5.02 Å². The highest BCUT2D eigenvalue weighted by molar-refractivity contribution is 8.14. The zero-order valence-electron chi connectivity index (χ0n) is 11.6. The number of carbonyl (C=O) groups is 4. The molecule has 0 bridgehead atoms. The van der Waals surface area contributed by atoms with Gasteiger partial charge in [0.1, 0.15) is 0 Å². The third kappa shape index (κ3) is 4.60. The number of hydrogen-bond acceptors (Lipinski definition) is 5. The van der Waals surface area contributed by atoms with Crippen molar-refractivity contribution >= 4 is 63.6 Å². The molecular formula is C13H11Cl2N3O4S. The fraction of sp³-hybridized carbons (Fsp3) is 0.231. The monoisotopic (exact) mass is 375 g/mol. The second-order valence-electron chi connectivity index (χ2n) is 4.43. The lowest BCUT2D eigenvalue weighted by Gasteiger charge is -2.13. The first kappa shape index (κ1) is 17.6. The van der Waals surface area contributed by atoms with Gasteiger partial charge in [0.05, 0.1) is 16.5 Å². The lowest BCUT2D eigenvalue weighted by atomic mass is 10.3. The molecule has 23 heavy (non-hydrogen) atoms. The lowest BCUT2D eigenvalue weighted by Crippen LogP contribution is -2.41. The average molecular weight is 376 g/mol. The number of imide groups is 1. The van der Waals surface area contributed by atoms with Gasteiger partial charge in [0.2, 0.25) is 5.91 Å². The van der Waals surface area contributed by atoms with Gasteiger partial charge in [-0.2, -0.15) is 0 Å². The fourth-order valence-electron chi connectivity index (χ4n) is 1.73. The van der Waals surface area contributed by atoms with Crippen LogP contribution in [-0.2, 0) is 14.4 Å². The van der Waals surface area contributed by atoms with Crippen LogP contribution in [0.15, 0.2) is 18.2 Å². The highest BCUT2D eigenvalue weighted by Crippen LogP contribution is 2.25. The molecule has 1 aliphatic rings. The van der Waals surface area contributed by atoms with Gasteiger partial charge in [-0.3, -0.25) is 24.1 Å².